The summed E-state index contributed by atoms with van der Waals surface area (Å²) in [6.07, 6.45) is 3.38. The smallest absolute Gasteiger partial charge is 0.253 e. The second-order valence-corrected chi connectivity index (χ2v) is 7.62. The molecule has 0 aliphatic carbocycles. The van der Waals surface area contributed by atoms with Gasteiger partial charge in [-0.1, -0.05) is 40.2 Å². The minimum Gasteiger partial charge on any atom is -0.373 e. The number of piperazine rings is 1. The average Bonchev–Trinajstić information content (AvgIpc) is 2.77. The van der Waals surface area contributed by atoms with Crippen molar-refractivity contribution in [2.24, 2.45) is 0 Å². The third-order valence-electron chi connectivity index (χ3n) is 4.84. The first kappa shape index (κ1) is 20.8. The van der Waals surface area contributed by atoms with Crippen LogP contribution >= 0.6 is 15.9 Å². The van der Waals surface area contributed by atoms with Crippen molar-refractivity contribution in [2.75, 3.05) is 33.2 Å². The van der Waals surface area contributed by atoms with Crippen molar-refractivity contribution in [3.8, 4) is 0 Å². The van der Waals surface area contributed by atoms with Gasteiger partial charge in [0, 0.05) is 54.9 Å². The van der Waals surface area contributed by atoms with E-state index in [1.54, 1.807) is 53.3 Å². The Morgan fingerprint density at radius 3 is 2.07 bits per heavy atom. The van der Waals surface area contributed by atoms with E-state index in [0.717, 1.165) is 15.6 Å². The number of amidine groups is 1. The molecule has 1 aliphatic rings. The van der Waals surface area contributed by atoms with Crippen LogP contribution in [-0.2, 0) is 4.79 Å². The van der Waals surface area contributed by atoms with Crippen LogP contribution in [0.4, 0.5) is 0 Å². The number of hydrogen-bond donors (Lipinski definition) is 2. The maximum Gasteiger partial charge on any atom is 0.253 e. The Labute approximate surface area is 178 Å². The predicted octanol–water partition coefficient (Wildman–Crippen LogP) is 2.99. The molecule has 1 heterocycles. The SMILES string of the molecule is CNC(=N)c1ccc(C(=O)N2CCN(C(=O)/C=C/c3ccc(Br)cc3)CC2)cc1. The highest BCUT2D eigenvalue weighted by Gasteiger charge is 2.23. The van der Waals surface area contributed by atoms with E-state index in [0.29, 0.717) is 37.6 Å². The Bertz CT molecular complexity index is 915. The molecule has 0 radical (unpaired) electrons. The Morgan fingerprint density at radius 2 is 1.48 bits per heavy atom. The van der Waals surface area contributed by atoms with Crippen LogP contribution in [0.15, 0.2) is 59.1 Å². The lowest BCUT2D eigenvalue weighted by atomic mass is 10.1. The van der Waals surface area contributed by atoms with Gasteiger partial charge in [0.2, 0.25) is 5.91 Å². The van der Waals surface area contributed by atoms with Gasteiger partial charge in [-0.15, -0.1) is 0 Å². The normalized spacial score (nSPS) is 14.1. The maximum atomic E-state index is 12.7. The van der Waals surface area contributed by atoms with Crippen molar-refractivity contribution in [3.05, 3.63) is 75.8 Å². The second-order valence-electron chi connectivity index (χ2n) is 6.70. The zero-order valence-electron chi connectivity index (χ0n) is 16.2. The van der Waals surface area contributed by atoms with Crippen molar-refractivity contribution in [1.29, 1.82) is 5.41 Å². The molecule has 7 heteroatoms. The molecule has 1 fully saturated rings. The average molecular weight is 455 g/mol. The highest BCUT2D eigenvalue weighted by molar-refractivity contribution is 9.10. The van der Waals surface area contributed by atoms with Gasteiger partial charge in [-0.05, 0) is 35.9 Å². The van der Waals surface area contributed by atoms with Gasteiger partial charge in [0.15, 0.2) is 0 Å². The topological polar surface area (TPSA) is 76.5 Å². The molecule has 0 spiro atoms. The van der Waals surface area contributed by atoms with Gasteiger partial charge in [0.25, 0.3) is 5.91 Å². The fraction of sp³-hybridized carbons (Fsp3) is 0.227. The molecule has 2 N–H and O–H groups in total. The molecule has 2 amide bonds. The van der Waals surface area contributed by atoms with Crippen LogP contribution in [0.25, 0.3) is 6.08 Å². The number of rotatable bonds is 4. The lowest BCUT2D eigenvalue weighted by Crippen LogP contribution is -2.50. The highest BCUT2D eigenvalue weighted by atomic mass is 79.9. The molecule has 29 heavy (non-hydrogen) atoms. The highest BCUT2D eigenvalue weighted by Crippen LogP contribution is 2.13. The van der Waals surface area contributed by atoms with Gasteiger partial charge >= 0.3 is 0 Å². The van der Waals surface area contributed by atoms with Crippen molar-refractivity contribution in [1.82, 2.24) is 15.1 Å². The minimum absolute atomic E-state index is 0.0463. The fourth-order valence-corrected chi connectivity index (χ4v) is 3.35. The monoisotopic (exact) mass is 454 g/mol. The zero-order valence-corrected chi connectivity index (χ0v) is 17.8. The summed E-state index contributed by atoms with van der Waals surface area (Å²) in [4.78, 5) is 28.6. The minimum atomic E-state index is -0.0509. The molecular formula is C22H23BrN4O2. The van der Waals surface area contributed by atoms with Crippen LogP contribution < -0.4 is 5.32 Å². The van der Waals surface area contributed by atoms with Crippen molar-refractivity contribution in [2.45, 2.75) is 0 Å². The van der Waals surface area contributed by atoms with Gasteiger partial charge in [0.05, 0.1) is 0 Å². The molecule has 0 bridgehead atoms. The van der Waals surface area contributed by atoms with Gasteiger partial charge in [-0.3, -0.25) is 15.0 Å². The maximum absolute atomic E-state index is 12.7. The molecule has 0 saturated carbocycles. The van der Waals surface area contributed by atoms with Crippen LogP contribution in [0.2, 0.25) is 0 Å². The van der Waals surface area contributed by atoms with Crippen LogP contribution in [0.3, 0.4) is 0 Å². The lowest BCUT2D eigenvalue weighted by molar-refractivity contribution is -0.127. The number of halogens is 1. The molecule has 0 unspecified atom stereocenters. The fourth-order valence-electron chi connectivity index (χ4n) is 3.08. The summed E-state index contributed by atoms with van der Waals surface area (Å²) >= 11 is 3.39. The summed E-state index contributed by atoms with van der Waals surface area (Å²) in [6, 6.07) is 14.7. The molecule has 2 aromatic carbocycles. The van der Waals surface area contributed by atoms with Gasteiger partial charge in [0.1, 0.15) is 5.84 Å². The number of amides is 2. The van der Waals surface area contributed by atoms with E-state index >= 15 is 0 Å². The molecule has 2 aromatic rings. The first-order valence-corrected chi connectivity index (χ1v) is 10.2. The van der Waals surface area contributed by atoms with Crippen LogP contribution in [0.5, 0.6) is 0 Å². The number of hydrogen-bond acceptors (Lipinski definition) is 3. The van der Waals surface area contributed by atoms with Crippen molar-refractivity contribution < 1.29 is 9.59 Å². The Morgan fingerprint density at radius 1 is 0.931 bits per heavy atom. The van der Waals surface area contributed by atoms with Gasteiger partial charge < -0.3 is 15.1 Å². The summed E-state index contributed by atoms with van der Waals surface area (Å²) in [5.74, 6) is 0.215. The van der Waals surface area contributed by atoms with E-state index in [1.165, 1.54) is 0 Å². The molecular weight excluding hydrogens is 432 g/mol. The second kappa shape index (κ2) is 9.52. The third-order valence-corrected chi connectivity index (χ3v) is 5.37. The van der Waals surface area contributed by atoms with E-state index in [-0.39, 0.29) is 11.8 Å². The Balaban J connectivity index is 1.54. The summed E-state index contributed by atoms with van der Waals surface area (Å²) in [7, 11) is 1.69. The van der Waals surface area contributed by atoms with Gasteiger partial charge in [-0.25, -0.2) is 0 Å². The number of nitrogens with one attached hydrogen (secondary N) is 2. The van der Waals surface area contributed by atoms with E-state index in [4.69, 9.17) is 5.41 Å². The third kappa shape index (κ3) is 5.32. The zero-order chi connectivity index (χ0) is 20.8. The molecule has 6 nitrogen and oxygen atoms in total. The van der Waals surface area contributed by atoms with E-state index in [9.17, 15) is 9.59 Å². The standard InChI is InChI=1S/C22H23BrN4O2/c1-25-21(24)17-5-7-18(8-6-17)22(29)27-14-12-26(13-15-27)20(28)11-4-16-2-9-19(23)10-3-16/h2-11H,12-15H2,1H3,(H2,24,25)/b11-4+. The summed E-state index contributed by atoms with van der Waals surface area (Å²) in [5, 5.41) is 10.5. The molecule has 0 aromatic heterocycles. The number of carbonyl (C=O) groups is 2. The van der Waals surface area contributed by atoms with Crippen molar-refractivity contribution in [3.63, 3.8) is 0 Å². The summed E-state index contributed by atoms with van der Waals surface area (Å²) < 4.78 is 0.997. The first-order valence-electron chi connectivity index (χ1n) is 9.36. The lowest BCUT2D eigenvalue weighted by Gasteiger charge is -2.34. The molecule has 1 saturated heterocycles. The molecule has 3 rings (SSSR count). The number of nitrogens with zero attached hydrogens (tertiary/aromatic N) is 2. The molecule has 0 atom stereocenters. The van der Waals surface area contributed by atoms with Crippen LogP contribution in [0.1, 0.15) is 21.5 Å². The number of benzene rings is 2. The summed E-state index contributed by atoms with van der Waals surface area (Å²) in [5.41, 5.74) is 2.29. The number of carbonyl (C=O) groups excluding carboxylic acids is 2. The molecule has 150 valence electrons. The van der Waals surface area contributed by atoms with E-state index < -0.39 is 0 Å². The first-order chi connectivity index (χ1) is 14.0. The Kier molecular flexibility index (Phi) is 6.82. The van der Waals surface area contributed by atoms with Gasteiger partial charge in [-0.2, -0.15) is 0 Å². The summed E-state index contributed by atoms with van der Waals surface area (Å²) in [6.45, 7) is 2.03. The molecule has 1 aliphatic heterocycles. The predicted molar refractivity (Wildman–Crippen MR) is 118 cm³/mol. The quantitative estimate of drug-likeness (QED) is 0.423. The van der Waals surface area contributed by atoms with E-state index in [2.05, 4.69) is 21.2 Å². The van der Waals surface area contributed by atoms with E-state index in [1.807, 2.05) is 24.3 Å². The van der Waals surface area contributed by atoms with Crippen molar-refractivity contribution >= 4 is 39.7 Å². The van der Waals surface area contributed by atoms with Crippen LogP contribution in [0, 0.1) is 5.41 Å². The Hall–Kier alpha value is -2.93. The largest absolute Gasteiger partial charge is 0.373 e. The van der Waals surface area contributed by atoms with Crippen LogP contribution in [-0.4, -0.2) is 60.7 Å².